The second-order valence-corrected chi connectivity index (χ2v) is 4.56. The van der Waals surface area contributed by atoms with Gasteiger partial charge in [0.05, 0.1) is 4.92 Å². The van der Waals surface area contributed by atoms with Gasteiger partial charge in [0.15, 0.2) is 0 Å². The molecule has 0 fully saturated rings. The van der Waals surface area contributed by atoms with Crippen LogP contribution in [0, 0.1) is 13.7 Å². The third-order valence-electron chi connectivity index (χ3n) is 2.18. The van der Waals surface area contributed by atoms with E-state index in [0.29, 0.717) is 9.26 Å². The molecule has 0 saturated heterocycles. The highest BCUT2D eigenvalue weighted by Gasteiger charge is 2.14. The first kappa shape index (κ1) is 13.7. The number of nitrogens with zero attached hydrogens (tertiary/aromatic N) is 1. The molecule has 0 aliphatic rings. The van der Waals surface area contributed by atoms with Crippen molar-refractivity contribution in [2.75, 3.05) is 12.4 Å². The van der Waals surface area contributed by atoms with Crippen molar-refractivity contribution in [1.29, 1.82) is 0 Å². The van der Waals surface area contributed by atoms with E-state index in [1.165, 1.54) is 12.1 Å². The molecule has 7 heteroatoms. The molecule has 0 heterocycles. The standard InChI is InChI=1S/C10H12IN3O3/c1-6(10(15)12-2)13-9-4-3-7(14(16)17)5-8(9)11/h3-6,13H,1-2H3,(H,12,15). The van der Waals surface area contributed by atoms with Gasteiger partial charge in [-0.25, -0.2) is 0 Å². The molecule has 92 valence electrons. The van der Waals surface area contributed by atoms with Crippen molar-refractivity contribution in [1.82, 2.24) is 5.32 Å². The summed E-state index contributed by atoms with van der Waals surface area (Å²) in [6.07, 6.45) is 0. The summed E-state index contributed by atoms with van der Waals surface area (Å²) in [6.45, 7) is 1.72. The van der Waals surface area contributed by atoms with Gasteiger partial charge in [0.25, 0.3) is 5.69 Å². The van der Waals surface area contributed by atoms with Gasteiger partial charge in [0.1, 0.15) is 6.04 Å². The summed E-state index contributed by atoms with van der Waals surface area (Å²) in [4.78, 5) is 21.4. The second-order valence-electron chi connectivity index (χ2n) is 3.40. The van der Waals surface area contributed by atoms with Gasteiger partial charge in [-0.2, -0.15) is 0 Å². The third-order valence-corrected chi connectivity index (χ3v) is 3.07. The minimum absolute atomic E-state index is 0.0348. The topological polar surface area (TPSA) is 84.3 Å². The summed E-state index contributed by atoms with van der Waals surface area (Å²) in [5, 5.41) is 16.1. The number of non-ortho nitro benzene ring substituents is 1. The van der Waals surface area contributed by atoms with Crippen LogP contribution in [0.1, 0.15) is 6.92 Å². The first-order chi connectivity index (χ1) is 7.95. The van der Waals surface area contributed by atoms with E-state index in [4.69, 9.17) is 0 Å². The molecule has 1 amide bonds. The second kappa shape index (κ2) is 5.80. The number of amides is 1. The van der Waals surface area contributed by atoms with E-state index in [-0.39, 0.29) is 11.6 Å². The Morgan fingerprint density at radius 2 is 2.18 bits per heavy atom. The number of anilines is 1. The average Bonchev–Trinajstić information content (AvgIpc) is 2.30. The fourth-order valence-electron chi connectivity index (χ4n) is 1.25. The third kappa shape index (κ3) is 3.55. The SMILES string of the molecule is CNC(=O)C(C)Nc1ccc([N+](=O)[O-])cc1I. The minimum Gasteiger partial charge on any atom is -0.373 e. The number of carbonyl (C=O) groups is 1. The Labute approximate surface area is 112 Å². The zero-order valence-corrected chi connectivity index (χ0v) is 11.5. The summed E-state index contributed by atoms with van der Waals surface area (Å²) in [6, 6.07) is 4.06. The maximum absolute atomic E-state index is 11.3. The van der Waals surface area contributed by atoms with Gasteiger partial charge in [0.2, 0.25) is 5.91 Å². The Morgan fingerprint density at radius 3 is 2.65 bits per heavy atom. The van der Waals surface area contributed by atoms with Gasteiger partial charge in [-0.1, -0.05) is 0 Å². The van der Waals surface area contributed by atoms with Crippen molar-refractivity contribution < 1.29 is 9.72 Å². The largest absolute Gasteiger partial charge is 0.373 e. The molecule has 1 atom stereocenters. The zero-order chi connectivity index (χ0) is 13.0. The van der Waals surface area contributed by atoms with Gasteiger partial charge in [-0.15, -0.1) is 0 Å². The van der Waals surface area contributed by atoms with Gasteiger partial charge in [-0.05, 0) is 35.6 Å². The Morgan fingerprint density at radius 1 is 1.53 bits per heavy atom. The molecule has 0 spiro atoms. The number of likely N-dealkylation sites (N-methyl/N-ethyl adjacent to an activating group) is 1. The van der Waals surface area contributed by atoms with Crippen molar-refractivity contribution in [2.24, 2.45) is 0 Å². The first-order valence-corrected chi connectivity index (χ1v) is 5.95. The number of carbonyl (C=O) groups excluding carboxylic acids is 1. The van der Waals surface area contributed by atoms with E-state index in [9.17, 15) is 14.9 Å². The van der Waals surface area contributed by atoms with Crippen molar-refractivity contribution in [3.63, 3.8) is 0 Å². The van der Waals surface area contributed by atoms with Crippen LogP contribution in [0.5, 0.6) is 0 Å². The van der Waals surface area contributed by atoms with Crippen LogP contribution in [-0.2, 0) is 4.79 Å². The Kier molecular flexibility index (Phi) is 4.67. The molecule has 2 N–H and O–H groups in total. The molecule has 1 aromatic carbocycles. The summed E-state index contributed by atoms with van der Waals surface area (Å²) in [5.74, 6) is -0.140. The van der Waals surface area contributed by atoms with Crippen LogP contribution in [0.2, 0.25) is 0 Å². The quantitative estimate of drug-likeness (QED) is 0.493. The number of nitro benzene ring substituents is 1. The molecule has 1 aromatic rings. The molecule has 17 heavy (non-hydrogen) atoms. The summed E-state index contributed by atoms with van der Waals surface area (Å²) in [5.41, 5.74) is 0.736. The van der Waals surface area contributed by atoms with E-state index in [0.717, 1.165) is 0 Å². The van der Waals surface area contributed by atoms with Gasteiger partial charge in [0, 0.05) is 28.4 Å². The number of benzene rings is 1. The van der Waals surface area contributed by atoms with Gasteiger partial charge < -0.3 is 10.6 Å². The van der Waals surface area contributed by atoms with Crippen LogP contribution >= 0.6 is 22.6 Å². The van der Waals surface area contributed by atoms with E-state index < -0.39 is 11.0 Å². The fraction of sp³-hybridized carbons (Fsp3) is 0.300. The van der Waals surface area contributed by atoms with Gasteiger partial charge >= 0.3 is 0 Å². The van der Waals surface area contributed by atoms with Crippen LogP contribution in [0.3, 0.4) is 0 Å². The normalized spacial score (nSPS) is 11.7. The first-order valence-electron chi connectivity index (χ1n) is 4.87. The molecule has 0 aromatic heterocycles. The highest BCUT2D eigenvalue weighted by molar-refractivity contribution is 14.1. The Hall–Kier alpha value is -1.38. The molecule has 0 aliphatic carbocycles. The number of halogens is 1. The summed E-state index contributed by atoms with van der Waals surface area (Å²) < 4.78 is 0.701. The number of nitrogens with one attached hydrogen (secondary N) is 2. The number of nitro groups is 1. The molecular weight excluding hydrogens is 337 g/mol. The lowest BCUT2D eigenvalue weighted by Crippen LogP contribution is -2.35. The predicted octanol–water partition coefficient (Wildman–Crippen LogP) is 1.75. The number of hydrogen-bond donors (Lipinski definition) is 2. The molecular formula is C10H12IN3O3. The maximum Gasteiger partial charge on any atom is 0.270 e. The average molecular weight is 349 g/mol. The minimum atomic E-state index is -0.450. The van der Waals surface area contributed by atoms with Crippen LogP contribution in [0.15, 0.2) is 18.2 Å². The monoisotopic (exact) mass is 349 g/mol. The maximum atomic E-state index is 11.3. The van der Waals surface area contributed by atoms with Crippen LogP contribution in [0.25, 0.3) is 0 Å². The fourth-order valence-corrected chi connectivity index (χ4v) is 1.90. The molecule has 1 unspecified atom stereocenters. The molecule has 0 aliphatic heterocycles. The smallest absolute Gasteiger partial charge is 0.270 e. The van der Waals surface area contributed by atoms with Gasteiger partial charge in [-0.3, -0.25) is 14.9 Å². The van der Waals surface area contributed by atoms with E-state index in [2.05, 4.69) is 10.6 Å². The summed E-state index contributed by atoms with van der Waals surface area (Å²) >= 11 is 1.99. The Balaban J connectivity index is 2.86. The van der Waals surface area contributed by atoms with E-state index in [1.54, 1.807) is 20.0 Å². The number of rotatable bonds is 4. The van der Waals surface area contributed by atoms with Crippen molar-refractivity contribution >= 4 is 39.9 Å². The van der Waals surface area contributed by atoms with Crippen LogP contribution < -0.4 is 10.6 Å². The molecule has 6 nitrogen and oxygen atoms in total. The van der Waals surface area contributed by atoms with Crippen molar-refractivity contribution in [3.8, 4) is 0 Å². The Bertz CT molecular complexity index is 450. The molecule has 0 saturated carbocycles. The summed E-state index contributed by atoms with van der Waals surface area (Å²) in [7, 11) is 1.56. The predicted molar refractivity (Wildman–Crippen MR) is 73.0 cm³/mol. The van der Waals surface area contributed by atoms with Crippen molar-refractivity contribution in [3.05, 3.63) is 31.9 Å². The lowest BCUT2D eigenvalue weighted by Gasteiger charge is -2.14. The van der Waals surface area contributed by atoms with Crippen LogP contribution in [-0.4, -0.2) is 23.9 Å². The highest BCUT2D eigenvalue weighted by Crippen LogP contribution is 2.24. The highest BCUT2D eigenvalue weighted by atomic mass is 127. The van der Waals surface area contributed by atoms with E-state index in [1.807, 2.05) is 22.6 Å². The zero-order valence-electron chi connectivity index (χ0n) is 9.36. The lowest BCUT2D eigenvalue weighted by atomic mass is 10.2. The van der Waals surface area contributed by atoms with Crippen LogP contribution in [0.4, 0.5) is 11.4 Å². The lowest BCUT2D eigenvalue weighted by molar-refractivity contribution is -0.384. The van der Waals surface area contributed by atoms with E-state index >= 15 is 0 Å². The molecule has 0 radical (unpaired) electrons. The molecule has 1 rings (SSSR count). The number of hydrogen-bond acceptors (Lipinski definition) is 4. The molecule has 0 bridgehead atoms. The van der Waals surface area contributed by atoms with Crippen molar-refractivity contribution in [2.45, 2.75) is 13.0 Å².